The summed E-state index contributed by atoms with van der Waals surface area (Å²) in [6.45, 7) is 0. The number of carbonyl (C=O) groups excluding carboxylic acids is 1. The van der Waals surface area contributed by atoms with Gasteiger partial charge in [-0.3, -0.25) is 4.79 Å². The maximum absolute atomic E-state index is 12.5. The van der Waals surface area contributed by atoms with Gasteiger partial charge in [0, 0.05) is 16.8 Å². The molecule has 28 heavy (non-hydrogen) atoms. The van der Waals surface area contributed by atoms with Gasteiger partial charge in [-0.15, -0.1) is 0 Å². The largest absolute Gasteiger partial charge is 0.397 e. The Morgan fingerprint density at radius 3 is 1.79 bits per heavy atom. The number of rotatable bonds is 5. The summed E-state index contributed by atoms with van der Waals surface area (Å²) in [5.41, 5.74) is 12.1. The molecule has 0 aliphatic carbocycles. The molecule has 0 saturated carbocycles. The van der Waals surface area contributed by atoms with E-state index in [1.807, 2.05) is 91.0 Å². The molecule has 0 aliphatic rings. The van der Waals surface area contributed by atoms with Gasteiger partial charge in [0.25, 0.3) is 0 Å². The van der Waals surface area contributed by atoms with Crippen LogP contribution in [-0.2, 0) is 0 Å². The van der Waals surface area contributed by atoms with Crippen LogP contribution in [0, 0.1) is 0 Å². The minimum Gasteiger partial charge on any atom is -0.397 e. The highest BCUT2D eigenvalue weighted by Crippen LogP contribution is 2.26. The molecule has 0 aromatic heterocycles. The molecule has 0 radical (unpaired) electrons. The molecule has 3 heteroatoms. The lowest BCUT2D eigenvalue weighted by Gasteiger charge is -2.10. The van der Waals surface area contributed by atoms with Crippen molar-refractivity contribution in [2.45, 2.75) is 0 Å². The second kappa shape index (κ2) is 7.80. The standard InChI is InChI=1S/C25H20N2O/c26-23-8-4-5-9-24(23)27-22-16-14-19(15-17-22)18-10-12-21(13-11-18)25(28)20-6-2-1-3-7-20/h1-17,27H,26H2. The number of nitrogens with one attached hydrogen (secondary N) is 1. The van der Waals surface area contributed by atoms with E-state index >= 15 is 0 Å². The van der Waals surface area contributed by atoms with E-state index in [4.69, 9.17) is 5.73 Å². The van der Waals surface area contributed by atoms with E-state index in [1.165, 1.54) is 0 Å². The van der Waals surface area contributed by atoms with Crippen molar-refractivity contribution in [1.82, 2.24) is 0 Å². The van der Waals surface area contributed by atoms with Gasteiger partial charge in [0.15, 0.2) is 5.78 Å². The van der Waals surface area contributed by atoms with Crippen LogP contribution in [0.15, 0.2) is 103 Å². The maximum atomic E-state index is 12.5. The number of ketones is 1. The highest BCUT2D eigenvalue weighted by Gasteiger charge is 2.08. The summed E-state index contributed by atoms with van der Waals surface area (Å²) in [4.78, 5) is 12.5. The third-order valence-electron chi connectivity index (χ3n) is 4.64. The predicted octanol–water partition coefficient (Wildman–Crippen LogP) is 5.91. The lowest BCUT2D eigenvalue weighted by molar-refractivity contribution is 0.103. The lowest BCUT2D eigenvalue weighted by atomic mass is 9.99. The summed E-state index contributed by atoms with van der Waals surface area (Å²) in [5.74, 6) is 0.0344. The van der Waals surface area contributed by atoms with E-state index in [9.17, 15) is 4.79 Å². The van der Waals surface area contributed by atoms with Gasteiger partial charge in [0.05, 0.1) is 11.4 Å². The van der Waals surface area contributed by atoms with Crippen molar-refractivity contribution in [3.8, 4) is 11.1 Å². The fraction of sp³-hybridized carbons (Fsp3) is 0. The van der Waals surface area contributed by atoms with Gasteiger partial charge in [-0.1, -0.05) is 78.9 Å². The van der Waals surface area contributed by atoms with Crippen molar-refractivity contribution in [1.29, 1.82) is 0 Å². The van der Waals surface area contributed by atoms with E-state index in [0.29, 0.717) is 16.8 Å². The maximum Gasteiger partial charge on any atom is 0.193 e. The van der Waals surface area contributed by atoms with Gasteiger partial charge in [0.2, 0.25) is 0 Å². The van der Waals surface area contributed by atoms with Crippen LogP contribution < -0.4 is 11.1 Å². The number of anilines is 3. The van der Waals surface area contributed by atoms with Crippen molar-refractivity contribution >= 4 is 22.8 Å². The highest BCUT2D eigenvalue weighted by molar-refractivity contribution is 6.09. The SMILES string of the molecule is Nc1ccccc1Nc1ccc(-c2ccc(C(=O)c3ccccc3)cc2)cc1. The number of hydrogen-bond acceptors (Lipinski definition) is 3. The Morgan fingerprint density at radius 2 is 1.14 bits per heavy atom. The minimum absolute atomic E-state index is 0.0344. The molecule has 3 nitrogen and oxygen atoms in total. The molecule has 0 heterocycles. The van der Waals surface area contributed by atoms with Crippen molar-refractivity contribution < 1.29 is 4.79 Å². The van der Waals surface area contributed by atoms with E-state index < -0.39 is 0 Å². The topological polar surface area (TPSA) is 55.1 Å². The molecule has 3 N–H and O–H groups in total. The molecule has 4 aromatic rings. The molecule has 0 spiro atoms. The van der Waals surface area contributed by atoms with Crippen LogP contribution in [0.4, 0.5) is 17.1 Å². The first-order valence-electron chi connectivity index (χ1n) is 9.12. The third kappa shape index (κ3) is 3.79. The number of hydrogen-bond donors (Lipinski definition) is 2. The first-order valence-corrected chi connectivity index (χ1v) is 9.12. The molecule has 0 unspecified atom stereocenters. The monoisotopic (exact) mass is 364 g/mol. The van der Waals surface area contributed by atoms with Gasteiger partial charge >= 0.3 is 0 Å². The Morgan fingerprint density at radius 1 is 0.607 bits per heavy atom. The first-order chi connectivity index (χ1) is 13.7. The molecule has 0 atom stereocenters. The van der Waals surface area contributed by atoms with Crippen LogP contribution in [-0.4, -0.2) is 5.78 Å². The number of para-hydroxylation sites is 2. The molecular weight excluding hydrogens is 344 g/mol. The predicted molar refractivity (Wildman–Crippen MR) is 116 cm³/mol. The summed E-state index contributed by atoms with van der Waals surface area (Å²) in [6, 6.07) is 32.9. The van der Waals surface area contributed by atoms with E-state index in [2.05, 4.69) is 17.4 Å². The molecule has 0 saturated heterocycles. The summed E-state index contributed by atoms with van der Waals surface area (Å²) in [6.07, 6.45) is 0. The Bertz CT molecular complexity index is 1090. The molecule has 0 amide bonds. The summed E-state index contributed by atoms with van der Waals surface area (Å²) < 4.78 is 0. The van der Waals surface area contributed by atoms with Gasteiger partial charge < -0.3 is 11.1 Å². The van der Waals surface area contributed by atoms with Crippen LogP contribution in [0.5, 0.6) is 0 Å². The van der Waals surface area contributed by atoms with E-state index in [-0.39, 0.29) is 5.78 Å². The average Bonchev–Trinajstić information content (AvgIpc) is 2.76. The fourth-order valence-corrected chi connectivity index (χ4v) is 3.08. The Balaban J connectivity index is 1.50. The molecule has 0 bridgehead atoms. The highest BCUT2D eigenvalue weighted by atomic mass is 16.1. The summed E-state index contributed by atoms with van der Waals surface area (Å²) >= 11 is 0. The van der Waals surface area contributed by atoms with Crippen LogP contribution in [0.3, 0.4) is 0 Å². The van der Waals surface area contributed by atoms with Crippen LogP contribution in [0.1, 0.15) is 15.9 Å². The quantitative estimate of drug-likeness (QED) is 0.342. The Kier molecular flexibility index (Phi) is 4.89. The molecular formula is C25H20N2O. The fourth-order valence-electron chi connectivity index (χ4n) is 3.08. The zero-order chi connectivity index (χ0) is 19.3. The van der Waals surface area contributed by atoms with E-state index in [1.54, 1.807) is 0 Å². The molecule has 4 rings (SSSR count). The molecule has 0 fully saturated rings. The van der Waals surface area contributed by atoms with Crippen molar-refractivity contribution in [3.63, 3.8) is 0 Å². The van der Waals surface area contributed by atoms with Crippen LogP contribution >= 0.6 is 0 Å². The lowest BCUT2D eigenvalue weighted by Crippen LogP contribution is -2.00. The smallest absolute Gasteiger partial charge is 0.193 e. The minimum atomic E-state index is 0.0344. The molecule has 0 aliphatic heterocycles. The van der Waals surface area contributed by atoms with Crippen LogP contribution in [0.2, 0.25) is 0 Å². The molecule has 136 valence electrons. The Hall–Kier alpha value is -3.85. The Labute approximate surface area is 164 Å². The number of nitrogen functional groups attached to an aromatic ring is 1. The zero-order valence-electron chi connectivity index (χ0n) is 15.3. The van der Waals surface area contributed by atoms with Crippen molar-refractivity contribution in [2.75, 3.05) is 11.1 Å². The second-order valence-electron chi connectivity index (χ2n) is 6.56. The number of carbonyl (C=O) groups is 1. The van der Waals surface area contributed by atoms with Crippen LogP contribution in [0.25, 0.3) is 11.1 Å². The third-order valence-corrected chi connectivity index (χ3v) is 4.64. The zero-order valence-corrected chi connectivity index (χ0v) is 15.3. The summed E-state index contributed by atoms with van der Waals surface area (Å²) in [5, 5.41) is 3.32. The van der Waals surface area contributed by atoms with Gasteiger partial charge in [-0.05, 0) is 35.4 Å². The van der Waals surface area contributed by atoms with Gasteiger partial charge in [-0.2, -0.15) is 0 Å². The summed E-state index contributed by atoms with van der Waals surface area (Å²) in [7, 11) is 0. The normalized spacial score (nSPS) is 10.4. The van der Waals surface area contributed by atoms with Gasteiger partial charge in [0.1, 0.15) is 0 Å². The first kappa shape index (κ1) is 17.6. The number of benzene rings is 4. The number of nitrogens with two attached hydrogens (primary N) is 1. The van der Waals surface area contributed by atoms with Crippen molar-refractivity contribution in [2.24, 2.45) is 0 Å². The molecule has 4 aromatic carbocycles. The average molecular weight is 364 g/mol. The van der Waals surface area contributed by atoms with Gasteiger partial charge in [-0.25, -0.2) is 0 Å². The van der Waals surface area contributed by atoms with E-state index in [0.717, 1.165) is 22.5 Å². The van der Waals surface area contributed by atoms with Crippen molar-refractivity contribution in [3.05, 3.63) is 114 Å². The second-order valence-corrected chi connectivity index (χ2v) is 6.56.